The molecule has 2 aromatic rings. The number of aromatic nitrogens is 2. The van der Waals surface area contributed by atoms with Gasteiger partial charge in [0.15, 0.2) is 0 Å². The Morgan fingerprint density at radius 2 is 2.10 bits per heavy atom. The molecule has 1 unspecified atom stereocenters. The first-order chi connectivity index (χ1) is 9.82. The maximum absolute atomic E-state index is 12.7. The summed E-state index contributed by atoms with van der Waals surface area (Å²) in [4.78, 5) is 0. The zero-order valence-corrected chi connectivity index (χ0v) is 12.1. The normalized spacial score (nSPS) is 13.4. The average Bonchev–Trinajstić information content (AvgIpc) is 2.88. The van der Waals surface area contributed by atoms with Crippen molar-refractivity contribution in [2.75, 3.05) is 0 Å². The number of nitrogens with zero attached hydrogens (tertiary/aromatic N) is 2. The lowest BCUT2D eigenvalue weighted by Gasteiger charge is -2.14. The van der Waals surface area contributed by atoms with Gasteiger partial charge >= 0.3 is 6.18 Å². The number of alkyl halides is 3. The van der Waals surface area contributed by atoms with Crippen LogP contribution in [0.4, 0.5) is 13.2 Å². The van der Waals surface area contributed by atoms with Crippen molar-refractivity contribution in [3.63, 3.8) is 0 Å². The molecule has 0 fully saturated rings. The molecule has 21 heavy (non-hydrogen) atoms. The molecule has 1 aromatic carbocycles. The van der Waals surface area contributed by atoms with E-state index in [1.807, 2.05) is 6.92 Å². The predicted molar refractivity (Wildman–Crippen MR) is 75.5 cm³/mol. The number of benzene rings is 1. The minimum atomic E-state index is -4.43. The summed E-state index contributed by atoms with van der Waals surface area (Å²) in [5.41, 5.74) is 6.33. The first kappa shape index (κ1) is 15.9. The van der Waals surface area contributed by atoms with Crippen LogP contribution >= 0.6 is 11.6 Å². The third kappa shape index (κ3) is 3.57. The summed E-state index contributed by atoms with van der Waals surface area (Å²) in [5, 5.41) is 4.12. The second kappa shape index (κ2) is 6.07. The summed E-state index contributed by atoms with van der Waals surface area (Å²) in [7, 11) is 0. The fourth-order valence-electron chi connectivity index (χ4n) is 2.00. The highest BCUT2D eigenvalue weighted by molar-refractivity contribution is 6.32. The van der Waals surface area contributed by atoms with Crippen LogP contribution in [0.1, 0.15) is 24.5 Å². The number of hydrogen-bond acceptors (Lipinski definition) is 2. The Labute approximate surface area is 125 Å². The van der Waals surface area contributed by atoms with Crippen molar-refractivity contribution in [1.29, 1.82) is 0 Å². The van der Waals surface area contributed by atoms with Crippen LogP contribution in [0.5, 0.6) is 0 Å². The van der Waals surface area contributed by atoms with Crippen molar-refractivity contribution in [1.82, 2.24) is 9.78 Å². The molecule has 2 N–H and O–H groups in total. The molecule has 114 valence electrons. The molecule has 0 amide bonds. The van der Waals surface area contributed by atoms with E-state index in [0.717, 1.165) is 29.1 Å². The van der Waals surface area contributed by atoms with Crippen molar-refractivity contribution in [3.8, 4) is 5.69 Å². The Morgan fingerprint density at radius 1 is 1.38 bits per heavy atom. The van der Waals surface area contributed by atoms with Gasteiger partial charge in [-0.1, -0.05) is 30.7 Å². The minimum absolute atomic E-state index is 0.0835. The van der Waals surface area contributed by atoms with Gasteiger partial charge in [-0.25, -0.2) is 4.68 Å². The Kier molecular flexibility index (Phi) is 4.58. The van der Waals surface area contributed by atoms with Gasteiger partial charge in [0, 0.05) is 12.2 Å². The summed E-state index contributed by atoms with van der Waals surface area (Å²) in [5.74, 6) is 0. The number of hydrogen-bond donors (Lipinski definition) is 1. The van der Waals surface area contributed by atoms with E-state index >= 15 is 0 Å². The Morgan fingerprint density at radius 3 is 2.67 bits per heavy atom. The van der Waals surface area contributed by atoms with Crippen LogP contribution in [0, 0.1) is 0 Å². The zero-order chi connectivity index (χ0) is 15.6. The first-order valence-electron chi connectivity index (χ1n) is 6.48. The van der Waals surface area contributed by atoms with E-state index in [-0.39, 0.29) is 6.04 Å². The SMILES string of the molecule is CCC(N)Cc1cccc(Cl)c1-n1cc(C(F)(F)F)cn1. The van der Waals surface area contributed by atoms with E-state index < -0.39 is 11.7 Å². The van der Waals surface area contributed by atoms with Crippen LogP contribution in [-0.2, 0) is 12.6 Å². The summed E-state index contributed by atoms with van der Waals surface area (Å²) in [6.07, 6.45) is -1.43. The number of halogens is 4. The number of nitrogens with two attached hydrogens (primary N) is 1. The molecule has 2 rings (SSSR count). The lowest BCUT2D eigenvalue weighted by atomic mass is 10.0. The molecule has 3 nitrogen and oxygen atoms in total. The second-order valence-corrected chi connectivity index (χ2v) is 5.20. The van der Waals surface area contributed by atoms with Gasteiger partial charge in [-0.05, 0) is 24.5 Å². The Hall–Kier alpha value is -1.53. The van der Waals surface area contributed by atoms with Gasteiger partial charge < -0.3 is 5.73 Å². The Balaban J connectivity index is 2.45. The van der Waals surface area contributed by atoms with E-state index in [1.54, 1.807) is 18.2 Å². The summed E-state index contributed by atoms with van der Waals surface area (Å²) in [6, 6.07) is 5.08. The van der Waals surface area contributed by atoms with Crippen molar-refractivity contribution < 1.29 is 13.2 Å². The second-order valence-electron chi connectivity index (χ2n) is 4.79. The molecule has 0 spiro atoms. The topological polar surface area (TPSA) is 43.8 Å². The highest BCUT2D eigenvalue weighted by atomic mass is 35.5. The third-order valence-corrected chi connectivity index (χ3v) is 3.52. The smallest absolute Gasteiger partial charge is 0.327 e. The van der Waals surface area contributed by atoms with Crippen LogP contribution in [0.25, 0.3) is 5.69 Å². The van der Waals surface area contributed by atoms with Gasteiger partial charge in [-0.15, -0.1) is 0 Å². The summed E-state index contributed by atoms with van der Waals surface area (Å²) < 4.78 is 39.2. The molecule has 1 atom stereocenters. The van der Waals surface area contributed by atoms with E-state index in [9.17, 15) is 13.2 Å². The molecule has 0 radical (unpaired) electrons. The fraction of sp³-hybridized carbons (Fsp3) is 0.357. The van der Waals surface area contributed by atoms with Gasteiger partial charge in [-0.3, -0.25) is 0 Å². The molecule has 0 aliphatic rings. The van der Waals surface area contributed by atoms with Gasteiger partial charge in [0.25, 0.3) is 0 Å². The molecule has 7 heteroatoms. The highest BCUT2D eigenvalue weighted by Crippen LogP contribution is 2.31. The fourth-order valence-corrected chi connectivity index (χ4v) is 2.28. The highest BCUT2D eigenvalue weighted by Gasteiger charge is 2.32. The van der Waals surface area contributed by atoms with Crippen molar-refractivity contribution in [2.45, 2.75) is 32.0 Å². The van der Waals surface area contributed by atoms with E-state index in [0.29, 0.717) is 17.1 Å². The van der Waals surface area contributed by atoms with Crippen LogP contribution in [0.2, 0.25) is 5.02 Å². The molecule has 1 heterocycles. The van der Waals surface area contributed by atoms with Crippen LogP contribution in [0.3, 0.4) is 0 Å². The average molecular weight is 318 g/mol. The zero-order valence-electron chi connectivity index (χ0n) is 11.4. The predicted octanol–water partition coefficient (Wildman–Crippen LogP) is 3.82. The molecule has 0 saturated heterocycles. The largest absolute Gasteiger partial charge is 0.419 e. The molecule has 0 saturated carbocycles. The van der Waals surface area contributed by atoms with Crippen LogP contribution in [0.15, 0.2) is 30.6 Å². The quantitative estimate of drug-likeness (QED) is 0.931. The lowest BCUT2D eigenvalue weighted by molar-refractivity contribution is -0.137. The third-order valence-electron chi connectivity index (χ3n) is 3.22. The van der Waals surface area contributed by atoms with Crippen LogP contribution in [-0.4, -0.2) is 15.8 Å². The Bertz CT molecular complexity index is 622. The van der Waals surface area contributed by atoms with Gasteiger partial charge in [0.2, 0.25) is 0 Å². The standard InChI is InChI=1S/C14H15ClF3N3/c1-2-11(19)6-9-4-3-5-12(15)13(9)21-8-10(7-20-21)14(16,17)18/h3-5,7-8,11H,2,6,19H2,1H3. The lowest BCUT2D eigenvalue weighted by Crippen LogP contribution is -2.22. The molecular weight excluding hydrogens is 303 g/mol. The number of para-hydroxylation sites is 1. The van der Waals surface area contributed by atoms with Gasteiger partial charge in [0.05, 0.1) is 22.5 Å². The van der Waals surface area contributed by atoms with Crippen molar-refractivity contribution in [2.24, 2.45) is 5.73 Å². The molecule has 0 aliphatic carbocycles. The maximum atomic E-state index is 12.7. The van der Waals surface area contributed by atoms with E-state index in [4.69, 9.17) is 17.3 Å². The minimum Gasteiger partial charge on any atom is -0.327 e. The van der Waals surface area contributed by atoms with Crippen LogP contribution < -0.4 is 5.73 Å². The van der Waals surface area contributed by atoms with E-state index in [1.165, 1.54) is 0 Å². The number of rotatable bonds is 4. The molecular formula is C14H15ClF3N3. The summed E-state index contributed by atoms with van der Waals surface area (Å²) in [6.45, 7) is 1.95. The van der Waals surface area contributed by atoms with E-state index in [2.05, 4.69) is 5.10 Å². The van der Waals surface area contributed by atoms with Gasteiger partial charge in [-0.2, -0.15) is 18.3 Å². The van der Waals surface area contributed by atoms with Gasteiger partial charge in [0.1, 0.15) is 0 Å². The van der Waals surface area contributed by atoms with Crippen molar-refractivity contribution >= 4 is 11.6 Å². The van der Waals surface area contributed by atoms with Crippen molar-refractivity contribution in [3.05, 3.63) is 46.7 Å². The maximum Gasteiger partial charge on any atom is 0.419 e. The molecule has 1 aromatic heterocycles. The molecule has 0 bridgehead atoms. The summed E-state index contributed by atoms with van der Waals surface area (Å²) >= 11 is 6.13. The molecule has 0 aliphatic heterocycles. The first-order valence-corrected chi connectivity index (χ1v) is 6.86. The monoisotopic (exact) mass is 317 g/mol.